The smallest absolute Gasteiger partial charge is 0.269 e. The summed E-state index contributed by atoms with van der Waals surface area (Å²) in [5, 5.41) is 0. The van der Waals surface area contributed by atoms with Crippen LogP contribution in [-0.2, 0) is 0 Å². The SMILES string of the molecule is CC(C)COc1ncc(C(N)=O)nc1N(C)C. The van der Waals surface area contributed by atoms with E-state index in [1.165, 1.54) is 6.20 Å². The number of hydrogen-bond acceptors (Lipinski definition) is 5. The lowest BCUT2D eigenvalue weighted by molar-refractivity contribution is 0.0995. The van der Waals surface area contributed by atoms with Crippen molar-refractivity contribution in [3.05, 3.63) is 11.9 Å². The minimum Gasteiger partial charge on any atom is -0.475 e. The van der Waals surface area contributed by atoms with E-state index in [-0.39, 0.29) is 5.69 Å². The van der Waals surface area contributed by atoms with Gasteiger partial charge in [0, 0.05) is 14.1 Å². The molecule has 1 amide bonds. The summed E-state index contributed by atoms with van der Waals surface area (Å²) in [6.07, 6.45) is 1.32. The van der Waals surface area contributed by atoms with E-state index in [1.54, 1.807) is 19.0 Å². The van der Waals surface area contributed by atoms with Crippen molar-refractivity contribution in [2.75, 3.05) is 25.6 Å². The lowest BCUT2D eigenvalue weighted by Crippen LogP contribution is -2.19. The molecule has 0 aromatic carbocycles. The maximum Gasteiger partial charge on any atom is 0.269 e. The topological polar surface area (TPSA) is 81.3 Å². The fourth-order valence-corrected chi connectivity index (χ4v) is 1.13. The maximum atomic E-state index is 11.0. The Bertz CT molecular complexity index is 404. The van der Waals surface area contributed by atoms with Crippen molar-refractivity contribution in [3.8, 4) is 5.88 Å². The van der Waals surface area contributed by atoms with Crippen LogP contribution in [0.2, 0.25) is 0 Å². The van der Waals surface area contributed by atoms with Gasteiger partial charge in [-0.2, -0.15) is 0 Å². The molecule has 0 fully saturated rings. The summed E-state index contributed by atoms with van der Waals surface area (Å²) in [7, 11) is 3.61. The zero-order valence-corrected chi connectivity index (χ0v) is 10.6. The van der Waals surface area contributed by atoms with Crippen LogP contribution in [0, 0.1) is 5.92 Å². The lowest BCUT2D eigenvalue weighted by Gasteiger charge is -2.16. The molecule has 1 heterocycles. The normalized spacial score (nSPS) is 10.4. The Morgan fingerprint density at radius 2 is 2.18 bits per heavy atom. The third-order valence-corrected chi connectivity index (χ3v) is 1.95. The fraction of sp³-hybridized carbons (Fsp3) is 0.545. The Morgan fingerprint density at radius 3 is 2.65 bits per heavy atom. The van der Waals surface area contributed by atoms with Gasteiger partial charge in [-0.05, 0) is 5.92 Å². The number of hydrogen-bond donors (Lipinski definition) is 1. The molecule has 0 bridgehead atoms. The average Bonchev–Trinajstić information content (AvgIpc) is 2.25. The number of carbonyl (C=O) groups excluding carboxylic acids is 1. The monoisotopic (exact) mass is 238 g/mol. The second-order valence-electron chi connectivity index (χ2n) is 4.35. The highest BCUT2D eigenvalue weighted by Crippen LogP contribution is 2.21. The van der Waals surface area contributed by atoms with E-state index < -0.39 is 5.91 Å². The number of aromatic nitrogens is 2. The molecular weight excluding hydrogens is 220 g/mol. The Balaban J connectivity index is 3.00. The molecule has 6 heteroatoms. The van der Waals surface area contributed by atoms with Crippen LogP contribution in [-0.4, -0.2) is 36.6 Å². The van der Waals surface area contributed by atoms with Gasteiger partial charge in [0.05, 0.1) is 12.8 Å². The van der Waals surface area contributed by atoms with Crippen LogP contribution in [0.1, 0.15) is 24.3 Å². The molecule has 0 unspecified atom stereocenters. The van der Waals surface area contributed by atoms with Crippen molar-refractivity contribution in [1.29, 1.82) is 0 Å². The van der Waals surface area contributed by atoms with Crippen LogP contribution in [0.3, 0.4) is 0 Å². The molecule has 0 aliphatic rings. The van der Waals surface area contributed by atoms with Gasteiger partial charge in [0.2, 0.25) is 0 Å². The van der Waals surface area contributed by atoms with Gasteiger partial charge >= 0.3 is 0 Å². The summed E-state index contributed by atoms with van der Waals surface area (Å²) in [6.45, 7) is 4.63. The van der Waals surface area contributed by atoms with Gasteiger partial charge in [-0.15, -0.1) is 0 Å². The van der Waals surface area contributed by atoms with Crippen LogP contribution in [0.5, 0.6) is 5.88 Å². The maximum absolute atomic E-state index is 11.0. The van der Waals surface area contributed by atoms with Crippen LogP contribution in [0.4, 0.5) is 5.82 Å². The second-order valence-corrected chi connectivity index (χ2v) is 4.35. The largest absolute Gasteiger partial charge is 0.475 e. The highest BCUT2D eigenvalue weighted by molar-refractivity contribution is 5.90. The number of anilines is 1. The number of rotatable bonds is 5. The van der Waals surface area contributed by atoms with E-state index in [0.29, 0.717) is 24.2 Å². The Morgan fingerprint density at radius 1 is 1.53 bits per heavy atom. The Hall–Kier alpha value is -1.85. The first-order chi connectivity index (χ1) is 7.91. The van der Waals surface area contributed by atoms with Gasteiger partial charge < -0.3 is 15.4 Å². The van der Waals surface area contributed by atoms with E-state index in [4.69, 9.17) is 10.5 Å². The number of nitrogens with two attached hydrogens (primary N) is 1. The van der Waals surface area contributed by atoms with Crippen LogP contribution in [0.15, 0.2) is 6.20 Å². The quantitative estimate of drug-likeness (QED) is 0.815. The third kappa shape index (κ3) is 3.58. The number of amides is 1. The number of ether oxygens (including phenoxy) is 1. The number of nitrogens with zero attached hydrogens (tertiary/aromatic N) is 3. The molecular formula is C11H18N4O2. The summed E-state index contributed by atoms with van der Waals surface area (Å²) in [6, 6.07) is 0. The van der Waals surface area contributed by atoms with Crippen LogP contribution in [0.25, 0.3) is 0 Å². The third-order valence-electron chi connectivity index (χ3n) is 1.95. The van der Waals surface area contributed by atoms with E-state index in [1.807, 2.05) is 13.8 Å². The van der Waals surface area contributed by atoms with Crippen molar-refractivity contribution < 1.29 is 9.53 Å². The molecule has 0 atom stereocenters. The Labute approximate surface area is 101 Å². The van der Waals surface area contributed by atoms with E-state index in [0.717, 1.165) is 0 Å². The summed E-state index contributed by atoms with van der Waals surface area (Å²) < 4.78 is 5.53. The molecule has 1 aromatic heterocycles. The minimum atomic E-state index is -0.601. The molecule has 17 heavy (non-hydrogen) atoms. The summed E-state index contributed by atoms with van der Waals surface area (Å²) >= 11 is 0. The molecule has 94 valence electrons. The van der Waals surface area contributed by atoms with Crippen LogP contribution < -0.4 is 15.4 Å². The predicted molar refractivity (Wildman–Crippen MR) is 65.2 cm³/mol. The van der Waals surface area contributed by atoms with Gasteiger partial charge in [-0.3, -0.25) is 4.79 Å². The van der Waals surface area contributed by atoms with E-state index in [2.05, 4.69) is 9.97 Å². The average molecular weight is 238 g/mol. The molecule has 0 aliphatic heterocycles. The fourth-order valence-electron chi connectivity index (χ4n) is 1.13. The zero-order chi connectivity index (χ0) is 13.0. The molecule has 2 N–H and O–H groups in total. The standard InChI is InChI=1S/C11H18N4O2/c1-7(2)6-17-11-10(15(3)4)14-8(5-13-11)9(12)16/h5,7H,6H2,1-4H3,(H2,12,16). The van der Waals surface area contributed by atoms with Crippen molar-refractivity contribution in [2.24, 2.45) is 11.7 Å². The number of carbonyl (C=O) groups is 1. The van der Waals surface area contributed by atoms with Gasteiger partial charge in [0.1, 0.15) is 5.69 Å². The van der Waals surface area contributed by atoms with Crippen molar-refractivity contribution in [1.82, 2.24) is 9.97 Å². The van der Waals surface area contributed by atoms with Gasteiger partial charge in [0.25, 0.3) is 11.8 Å². The molecule has 1 rings (SSSR count). The van der Waals surface area contributed by atoms with E-state index >= 15 is 0 Å². The van der Waals surface area contributed by atoms with Gasteiger partial charge in [0.15, 0.2) is 5.82 Å². The molecule has 0 saturated heterocycles. The van der Waals surface area contributed by atoms with Crippen LogP contribution >= 0.6 is 0 Å². The summed E-state index contributed by atoms with van der Waals surface area (Å²) in [5.41, 5.74) is 5.28. The minimum absolute atomic E-state index is 0.130. The molecule has 6 nitrogen and oxygen atoms in total. The summed E-state index contributed by atoms with van der Waals surface area (Å²) in [4.78, 5) is 20.9. The lowest BCUT2D eigenvalue weighted by atomic mass is 10.2. The van der Waals surface area contributed by atoms with Crippen molar-refractivity contribution in [2.45, 2.75) is 13.8 Å². The van der Waals surface area contributed by atoms with Crippen molar-refractivity contribution in [3.63, 3.8) is 0 Å². The van der Waals surface area contributed by atoms with Crippen molar-refractivity contribution >= 4 is 11.7 Å². The second kappa shape index (κ2) is 5.47. The zero-order valence-electron chi connectivity index (χ0n) is 10.6. The Kier molecular flexibility index (Phi) is 4.25. The predicted octanol–water partition coefficient (Wildman–Crippen LogP) is 0.676. The first-order valence-corrected chi connectivity index (χ1v) is 5.38. The summed E-state index contributed by atoms with van der Waals surface area (Å²) in [5.74, 6) is 0.703. The first-order valence-electron chi connectivity index (χ1n) is 5.38. The molecule has 0 saturated carbocycles. The van der Waals surface area contributed by atoms with E-state index in [9.17, 15) is 4.79 Å². The van der Waals surface area contributed by atoms with Gasteiger partial charge in [-0.1, -0.05) is 13.8 Å². The highest BCUT2D eigenvalue weighted by Gasteiger charge is 2.13. The highest BCUT2D eigenvalue weighted by atomic mass is 16.5. The molecule has 0 aliphatic carbocycles. The molecule has 0 radical (unpaired) electrons. The molecule has 1 aromatic rings. The molecule has 0 spiro atoms. The first kappa shape index (κ1) is 13.2. The van der Waals surface area contributed by atoms with Gasteiger partial charge in [-0.25, -0.2) is 9.97 Å². The number of primary amides is 1.